The third-order valence-electron chi connectivity index (χ3n) is 3.77. The highest BCUT2D eigenvalue weighted by molar-refractivity contribution is 6.03. The molecule has 0 aromatic heterocycles. The number of anilines is 1. The van der Waals surface area contributed by atoms with Crippen molar-refractivity contribution in [1.29, 1.82) is 0 Å². The standard InChI is InChI=1S/C18H19NO2/c1-2-11-21-17-10-6-3-7-13(17)12-15-14-8-4-5-9-16(14)19-18(15)20/h3-10,15H,2,11-12H2,1H3,(H,19,20)/t15-/m1/s1. The highest BCUT2D eigenvalue weighted by Crippen LogP contribution is 2.36. The van der Waals surface area contributed by atoms with Crippen molar-refractivity contribution in [3.63, 3.8) is 0 Å². The van der Waals surface area contributed by atoms with Crippen LogP contribution < -0.4 is 10.1 Å². The van der Waals surface area contributed by atoms with E-state index in [-0.39, 0.29) is 11.8 Å². The number of hydrogen-bond donors (Lipinski definition) is 1. The predicted molar refractivity (Wildman–Crippen MR) is 83.7 cm³/mol. The smallest absolute Gasteiger partial charge is 0.232 e. The second kappa shape index (κ2) is 6.00. The lowest BCUT2D eigenvalue weighted by atomic mass is 9.93. The fourth-order valence-electron chi connectivity index (χ4n) is 2.72. The van der Waals surface area contributed by atoms with E-state index in [0.29, 0.717) is 13.0 Å². The van der Waals surface area contributed by atoms with E-state index in [4.69, 9.17) is 4.74 Å². The van der Waals surface area contributed by atoms with Crippen molar-refractivity contribution in [1.82, 2.24) is 0 Å². The zero-order valence-electron chi connectivity index (χ0n) is 12.1. The fraction of sp³-hybridized carbons (Fsp3) is 0.278. The summed E-state index contributed by atoms with van der Waals surface area (Å²) in [6.45, 7) is 2.79. The Morgan fingerprint density at radius 2 is 1.86 bits per heavy atom. The van der Waals surface area contributed by atoms with Gasteiger partial charge in [-0.3, -0.25) is 4.79 Å². The Labute approximate surface area is 124 Å². The minimum absolute atomic E-state index is 0.0708. The third kappa shape index (κ3) is 2.77. The van der Waals surface area contributed by atoms with Gasteiger partial charge in [-0.25, -0.2) is 0 Å². The number of benzene rings is 2. The zero-order chi connectivity index (χ0) is 14.7. The molecule has 1 aliphatic rings. The van der Waals surface area contributed by atoms with E-state index in [0.717, 1.165) is 29.0 Å². The van der Waals surface area contributed by atoms with Crippen molar-refractivity contribution in [2.24, 2.45) is 0 Å². The molecule has 0 unspecified atom stereocenters. The third-order valence-corrected chi connectivity index (χ3v) is 3.77. The van der Waals surface area contributed by atoms with Crippen LogP contribution in [0, 0.1) is 0 Å². The van der Waals surface area contributed by atoms with Crippen molar-refractivity contribution >= 4 is 11.6 Å². The minimum Gasteiger partial charge on any atom is -0.493 e. The molecule has 1 atom stereocenters. The summed E-state index contributed by atoms with van der Waals surface area (Å²) in [5.74, 6) is 0.825. The summed E-state index contributed by atoms with van der Waals surface area (Å²) in [6, 6.07) is 15.9. The molecule has 0 spiro atoms. The second-order valence-electron chi connectivity index (χ2n) is 5.29. The molecule has 0 bridgehead atoms. The van der Waals surface area contributed by atoms with Crippen LogP contribution in [0.15, 0.2) is 48.5 Å². The van der Waals surface area contributed by atoms with E-state index in [1.165, 1.54) is 0 Å². The van der Waals surface area contributed by atoms with Gasteiger partial charge in [0.05, 0.1) is 12.5 Å². The number of ether oxygens (including phenoxy) is 1. The van der Waals surface area contributed by atoms with Gasteiger partial charge in [0.15, 0.2) is 0 Å². The van der Waals surface area contributed by atoms with Gasteiger partial charge in [0.25, 0.3) is 0 Å². The lowest BCUT2D eigenvalue weighted by Gasteiger charge is -2.14. The summed E-state index contributed by atoms with van der Waals surface area (Å²) in [7, 11) is 0. The van der Waals surface area contributed by atoms with Crippen LogP contribution in [0.2, 0.25) is 0 Å². The predicted octanol–water partition coefficient (Wildman–Crippen LogP) is 3.75. The van der Waals surface area contributed by atoms with E-state index in [9.17, 15) is 4.79 Å². The molecule has 2 aromatic carbocycles. The average molecular weight is 281 g/mol. The molecular formula is C18H19NO2. The molecule has 3 heteroatoms. The molecule has 0 radical (unpaired) electrons. The fourth-order valence-corrected chi connectivity index (χ4v) is 2.72. The number of carbonyl (C=O) groups is 1. The van der Waals surface area contributed by atoms with Crippen LogP contribution in [0.25, 0.3) is 0 Å². The van der Waals surface area contributed by atoms with Crippen LogP contribution in [-0.4, -0.2) is 12.5 Å². The maximum atomic E-state index is 12.2. The Bertz CT molecular complexity index is 651. The number of fused-ring (bicyclic) bond motifs is 1. The number of amides is 1. The van der Waals surface area contributed by atoms with Crippen LogP contribution in [0.1, 0.15) is 30.4 Å². The normalized spacial score (nSPS) is 16.4. The van der Waals surface area contributed by atoms with Gasteiger partial charge in [-0.1, -0.05) is 43.3 Å². The van der Waals surface area contributed by atoms with E-state index < -0.39 is 0 Å². The first-order valence-corrected chi connectivity index (χ1v) is 7.40. The number of hydrogen-bond acceptors (Lipinski definition) is 2. The molecule has 1 N–H and O–H groups in total. The topological polar surface area (TPSA) is 38.3 Å². The van der Waals surface area contributed by atoms with Gasteiger partial charge in [0.2, 0.25) is 5.91 Å². The quantitative estimate of drug-likeness (QED) is 0.906. The van der Waals surface area contributed by atoms with Gasteiger partial charge in [-0.15, -0.1) is 0 Å². The molecule has 3 rings (SSSR count). The molecule has 0 saturated carbocycles. The maximum absolute atomic E-state index is 12.2. The molecule has 2 aromatic rings. The highest BCUT2D eigenvalue weighted by Gasteiger charge is 2.30. The van der Waals surface area contributed by atoms with Crippen molar-refractivity contribution in [2.75, 3.05) is 11.9 Å². The molecule has 3 nitrogen and oxygen atoms in total. The molecule has 108 valence electrons. The number of nitrogens with one attached hydrogen (secondary N) is 1. The lowest BCUT2D eigenvalue weighted by Crippen LogP contribution is -2.14. The molecule has 0 fully saturated rings. The summed E-state index contributed by atoms with van der Waals surface area (Å²) in [4.78, 5) is 12.2. The molecule has 1 amide bonds. The first-order chi connectivity index (χ1) is 10.3. The monoisotopic (exact) mass is 281 g/mol. The average Bonchev–Trinajstić information content (AvgIpc) is 2.82. The largest absolute Gasteiger partial charge is 0.493 e. The molecule has 0 aliphatic carbocycles. The van der Waals surface area contributed by atoms with Crippen LogP contribution in [-0.2, 0) is 11.2 Å². The van der Waals surface area contributed by atoms with Gasteiger partial charge < -0.3 is 10.1 Å². The van der Waals surface area contributed by atoms with Gasteiger partial charge in [-0.05, 0) is 36.1 Å². The van der Waals surface area contributed by atoms with Crippen LogP contribution >= 0.6 is 0 Å². The Balaban J connectivity index is 1.86. The van der Waals surface area contributed by atoms with Crippen LogP contribution in [0.5, 0.6) is 5.75 Å². The first kappa shape index (κ1) is 13.7. The Kier molecular flexibility index (Phi) is 3.91. The van der Waals surface area contributed by atoms with Gasteiger partial charge in [0, 0.05) is 5.69 Å². The van der Waals surface area contributed by atoms with Crippen molar-refractivity contribution in [2.45, 2.75) is 25.7 Å². The van der Waals surface area contributed by atoms with Gasteiger partial charge in [-0.2, -0.15) is 0 Å². The minimum atomic E-state index is -0.132. The Hall–Kier alpha value is -2.29. The zero-order valence-corrected chi connectivity index (χ0v) is 12.1. The molecule has 21 heavy (non-hydrogen) atoms. The molecular weight excluding hydrogens is 262 g/mol. The van der Waals surface area contributed by atoms with E-state index >= 15 is 0 Å². The number of carbonyl (C=O) groups excluding carboxylic acids is 1. The van der Waals surface area contributed by atoms with Crippen molar-refractivity contribution in [3.8, 4) is 5.75 Å². The molecule has 0 saturated heterocycles. The van der Waals surface area contributed by atoms with Gasteiger partial charge in [0.1, 0.15) is 5.75 Å². The Morgan fingerprint density at radius 1 is 1.10 bits per heavy atom. The van der Waals surface area contributed by atoms with Gasteiger partial charge >= 0.3 is 0 Å². The summed E-state index contributed by atoms with van der Waals surface area (Å²) in [5.41, 5.74) is 3.09. The summed E-state index contributed by atoms with van der Waals surface area (Å²) in [5, 5.41) is 2.95. The molecule has 1 heterocycles. The van der Waals surface area contributed by atoms with Crippen molar-refractivity contribution < 1.29 is 9.53 Å². The highest BCUT2D eigenvalue weighted by atomic mass is 16.5. The summed E-state index contributed by atoms with van der Waals surface area (Å²) >= 11 is 0. The molecule has 1 aliphatic heterocycles. The number of rotatable bonds is 5. The van der Waals surface area contributed by atoms with E-state index in [1.54, 1.807) is 0 Å². The van der Waals surface area contributed by atoms with E-state index in [2.05, 4.69) is 12.2 Å². The van der Waals surface area contributed by atoms with Crippen molar-refractivity contribution in [3.05, 3.63) is 59.7 Å². The summed E-state index contributed by atoms with van der Waals surface area (Å²) in [6.07, 6.45) is 1.64. The lowest BCUT2D eigenvalue weighted by molar-refractivity contribution is -0.117. The second-order valence-corrected chi connectivity index (χ2v) is 5.29. The SMILES string of the molecule is CCCOc1ccccc1C[C@H]1C(=O)Nc2ccccc21. The van der Waals surface area contributed by atoms with Crippen LogP contribution in [0.4, 0.5) is 5.69 Å². The van der Waals surface area contributed by atoms with Crippen LogP contribution in [0.3, 0.4) is 0 Å². The number of para-hydroxylation sites is 2. The Morgan fingerprint density at radius 3 is 2.71 bits per heavy atom. The summed E-state index contributed by atoms with van der Waals surface area (Å²) < 4.78 is 5.79. The maximum Gasteiger partial charge on any atom is 0.232 e. The van der Waals surface area contributed by atoms with E-state index in [1.807, 2.05) is 48.5 Å². The first-order valence-electron chi connectivity index (χ1n) is 7.40.